The van der Waals surface area contributed by atoms with Crippen LogP contribution in [0.1, 0.15) is 25.3 Å². The molecule has 1 aliphatic rings. The summed E-state index contributed by atoms with van der Waals surface area (Å²) >= 11 is 0. The fourth-order valence-corrected chi connectivity index (χ4v) is 2.77. The summed E-state index contributed by atoms with van der Waals surface area (Å²) < 4.78 is 5.35. The molecular weight excluding hydrogens is 254 g/mol. The first kappa shape index (κ1) is 14.9. The standard InChI is InChI=1S/C16H23NO3/c1-13-11-17(9-7-15(13)8-10-18)16(19)20-12-14-5-3-2-4-6-14/h2-6,13,15,18H,7-12H2,1H3. The van der Waals surface area contributed by atoms with Crippen LogP contribution < -0.4 is 0 Å². The SMILES string of the molecule is CC1CN(C(=O)OCc2ccccc2)CCC1CCO. The Labute approximate surface area is 120 Å². The molecule has 1 aromatic rings. The van der Waals surface area contributed by atoms with Gasteiger partial charge in [0.2, 0.25) is 0 Å². The third-order valence-corrected chi connectivity index (χ3v) is 4.05. The predicted molar refractivity (Wildman–Crippen MR) is 77.2 cm³/mol. The topological polar surface area (TPSA) is 49.8 Å². The number of nitrogens with zero attached hydrogens (tertiary/aromatic N) is 1. The molecule has 20 heavy (non-hydrogen) atoms. The van der Waals surface area contributed by atoms with E-state index in [0.29, 0.717) is 18.4 Å². The van der Waals surface area contributed by atoms with Gasteiger partial charge in [0.05, 0.1) is 0 Å². The van der Waals surface area contributed by atoms with Crippen LogP contribution in [0.15, 0.2) is 30.3 Å². The Bertz CT molecular complexity index is 421. The van der Waals surface area contributed by atoms with Gasteiger partial charge in [-0.15, -0.1) is 0 Å². The normalized spacial score (nSPS) is 22.6. The lowest BCUT2D eigenvalue weighted by atomic mass is 9.85. The van der Waals surface area contributed by atoms with Crippen molar-refractivity contribution in [3.8, 4) is 0 Å². The third kappa shape index (κ3) is 3.97. The van der Waals surface area contributed by atoms with Gasteiger partial charge in [0.1, 0.15) is 6.61 Å². The summed E-state index contributed by atoms with van der Waals surface area (Å²) in [5.41, 5.74) is 1.00. The van der Waals surface area contributed by atoms with Gasteiger partial charge in [-0.1, -0.05) is 37.3 Å². The Hall–Kier alpha value is -1.55. The van der Waals surface area contributed by atoms with Gasteiger partial charge in [-0.05, 0) is 30.2 Å². The van der Waals surface area contributed by atoms with Crippen LogP contribution in [0.25, 0.3) is 0 Å². The molecule has 1 fully saturated rings. The molecule has 0 bridgehead atoms. The van der Waals surface area contributed by atoms with Gasteiger partial charge in [-0.3, -0.25) is 0 Å². The second-order valence-corrected chi connectivity index (χ2v) is 5.52. The lowest BCUT2D eigenvalue weighted by Gasteiger charge is -2.36. The number of amides is 1. The summed E-state index contributed by atoms with van der Waals surface area (Å²) in [5.74, 6) is 0.929. The first-order valence-corrected chi connectivity index (χ1v) is 7.27. The number of rotatable bonds is 4. The first-order chi connectivity index (χ1) is 9.70. The Morgan fingerprint density at radius 2 is 2.15 bits per heavy atom. The van der Waals surface area contributed by atoms with Crippen LogP contribution >= 0.6 is 0 Å². The molecule has 1 heterocycles. The maximum absolute atomic E-state index is 12.0. The first-order valence-electron chi connectivity index (χ1n) is 7.27. The van der Waals surface area contributed by atoms with Gasteiger partial charge < -0.3 is 14.7 Å². The number of ether oxygens (including phenoxy) is 1. The summed E-state index contributed by atoms with van der Waals surface area (Å²) in [6, 6.07) is 9.71. The Kier molecular flexibility index (Phi) is 5.41. The monoisotopic (exact) mass is 277 g/mol. The number of aliphatic hydroxyl groups is 1. The fourth-order valence-electron chi connectivity index (χ4n) is 2.77. The average Bonchev–Trinajstić information content (AvgIpc) is 2.48. The summed E-state index contributed by atoms with van der Waals surface area (Å²) in [6.07, 6.45) is 1.54. The molecule has 1 aliphatic heterocycles. The van der Waals surface area contributed by atoms with E-state index in [9.17, 15) is 4.79 Å². The van der Waals surface area contributed by atoms with Gasteiger partial charge in [0.15, 0.2) is 0 Å². The van der Waals surface area contributed by atoms with Crippen molar-refractivity contribution >= 4 is 6.09 Å². The number of carbonyl (C=O) groups is 1. The van der Waals surface area contributed by atoms with Crippen LogP contribution in [0, 0.1) is 11.8 Å². The highest BCUT2D eigenvalue weighted by molar-refractivity contribution is 5.67. The van der Waals surface area contributed by atoms with Crippen molar-refractivity contribution in [2.24, 2.45) is 11.8 Å². The molecule has 0 spiro atoms. The quantitative estimate of drug-likeness (QED) is 0.920. The molecule has 1 N–H and O–H groups in total. The molecule has 1 aromatic carbocycles. The second-order valence-electron chi connectivity index (χ2n) is 5.52. The van der Waals surface area contributed by atoms with Gasteiger partial charge in [-0.2, -0.15) is 0 Å². The molecule has 0 radical (unpaired) electrons. The number of piperidine rings is 1. The van der Waals surface area contributed by atoms with Crippen LogP contribution in [0.3, 0.4) is 0 Å². The largest absolute Gasteiger partial charge is 0.445 e. The maximum Gasteiger partial charge on any atom is 0.410 e. The van der Waals surface area contributed by atoms with E-state index < -0.39 is 0 Å². The highest BCUT2D eigenvalue weighted by Crippen LogP contribution is 2.26. The molecule has 0 aromatic heterocycles. The lowest BCUT2D eigenvalue weighted by molar-refractivity contribution is 0.0626. The molecule has 110 valence electrons. The van der Waals surface area contributed by atoms with E-state index in [-0.39, 0.29) is 12.7 Å². The molecule has 1 amide bonds. The van der Waals surface area contributed by atoms with E-state index in [1.165, 1.54) is 0 Å². The molecule has 1 saturated heterocycles. The van der Waals surface area contributed by atoms with Crippen molar-refractivity contribution < 1.29 is 14.6 Å². The van der Waals surface area contributed by atoms with Crippen molar-refractivity contribution in [2.75, 3.05) is 19.7 Å². The minimum absolute atomic E-state index is 0.230. The smallest absolute Gasteiger partial charge is 0.410 e. The van der Waals surface area contributed by atoms with Crippen LogP contribution in [0.5, 0.6) is 0 Å². The maximum atomic E-state index is 12.0. The number of hydrogen-bond donors (Lipinski definition) is 1. The van der Waals surface area contributed by atoms with E-state index in [4.69, 9.17) is 9.84 Å². The van der Waals surface area contributed by atoms with E-state index >= 15 is 0 Å². The van der Waals surface area contributed by atoms with Crippen molar-refractivity contribution in [2.45, 2.75) is 26.4 Å². The Morgan fingerprint density at radius 3 is 2.80 bits per heavy atom. The zero-order valence-electron chi connectivity index (χ0n) is 12.0. The predicted octanol–water partition coefficient (Wildman–Crippen LogP) is 2.66. The Morgan fingerprint density at radius 1 is 1.40 bits per heavy atom. The molecule has 0 aliphatic carbocycles. The molecule has 4 nitrogen and oxygen atoms in total. The number of carbonyl (C=O) groups excluding carboxylic acids is 1. The molecule has 0 saturated carbocycles. The summed E-state index contributed by atoms with van der Waals surface area (Å²) in [7, 11) is 0. The van der Waals surface area contributed by atoms with E-state index in [2.05, 4.69) is 6.92 Å². The number of likely N-dealkylation sites (tertiary alicyclic amines) is 1. The molecular formula is C16H23NO3. The number of hydrogen-bond acceptors (Lipinski definition) is 3. The average molecular weight is 277 g/mol. The van der Waals surface area contributed by atoms with Gasteiger partial charge in [-0.25, -0.2) is 4.79 Å². The molecule has 2 rings (SSSR count). The fraction of sp³-hybridized carbons (Fsp3) is 0.562. The zero-order chi connectivity index (χ0) is 14.4. The lowest BCUT2D eigenvalue weighted by Crippen LogP contribution is -2.43. The molecule has 4 heteroatoms. The van der Waals surface area contributed by atoms with Crippen molar-refractivity contribution in [1.29, 1.82) is 0 Å². The van der Waals surface area contributed by atoms with Crippen molar-refractivity contribution in [3.05, 3.63) is 35.9 Å². The van der Waals surface area contributed by atoms with Crippen LogP contribution in [-0.4, -0.2) is 35.8 Å². The number of benzene rings is 1. The third-order valence-electron chi connectivity index (χ3n) is 4.05. The highest BCUT2D eigenvalue weighted by atomic mass is 16.6. The van der Waals surface area contributed by atoms with Crippen LogP contribution in [0.4, 0.5) is 4.79 Å². The minimum atomic E-state index is -0.233. The van der Waals surface area contributed by atoms with E-state index in [0.717, 1.165) is 31.5 Å². The van der Waals surface area contributed by atoms with E-state index in [1.54, 1.807) is 4.90 Å². The molecule has 2 unspecified atom stereocenters. The van der Waals surface area contributed by atoms with E-state index in [1.807, 2.05) is 30.3 Å². The summed E-state index contributed by atoms with van der Waals surface area (Å²) in [4.78, 5) is 13.8. The summed E-state index contributed by atoms with van der Waals surface area (Å²) in [6.45, 7) is 4.13. The van der Waals surface area contributed by atoms with Crippen molar-refractivity contribution in [3.63, 3.8) is 0 Å². The minimum Gasteiger partial charge on any atom is -0.445 e. The van der Waals surface area contributed by atoms with Crippen LogP contribution in [0.2, 0.25) is 0 Å². The van der Waals surface area contributed by atoms with Gasteiger partial charge >= 0.3 is 6.09 Å². The second kappa shape index (κ2) is 7.29. The van der Waals surface area contributed by atoms with Crippen LogP contribution in [-0.2, 0) is 11.3 Å². The number of aliphatic hydroxyl groups excluding tert-OH is 1. The Balaban J connectivity index is 1.79. The zero-order valence-corrected chi connectivity index (χ0v) is 12.0. The van der Waals surface area contributed by atoms with Crippen molar-refractivity contribution in [1.82, 2.24) is 4.90 Å². The van der Waals surface area contributed by atoms with Gasteiger partial charge in [0, 0.05) is 19.7 Å². The highest BCUT2D eigenvalue weighted by Gasteiger charge is 2.28. The van der Waals surface area contributed by atoms with Gasteiger partial charge in [0.25, 0.3) is 0 Å². The summed E-state index contributed by atoms with van der Waals surface area (Å²) in [5, 5.41) is 9.02. The molecule has 2 atom stereocenters.